The van der Waals surface area contributed by atoms with Crippen LogP contribution in [0, 0.1) is 0 Å². The summed E-state index contributed by atoms with van der Waals surface area (Å²) in [7, 11) is -1.09. The minimum atomic E-state index is -1.09. The highest BCUT2D eigenvalue weighted by Crippen LogP contribution is 2.07. The summed E-state index contributed by atoms with van der Waals surface area (Å²) < 4.78 is 7.02. The number of benzene rings is 3. The zero-order valence-corrected chi connectivity index (χ0v) is 15.3. The van der Waals surface area contributed by atoms with Crippen LogP contribution < -0.4 is 4.72 Å². The summed E-state index contributed by atoms with van der Waals surface area (Å²) in [5, 5.41) is 1.73. The summed E-state index contributed by atoms with van der Waals surface area (Å²) >= 11 is 0. The van der Waals surface area contributed by atoms with Crippen LogP contribution in [-0.4, -0.2) is 11.8 Å². The predicted molar refractivity (Wildman–Crippen MR) is 110 cm³/mol. The molecule has 0 bridgehead atoms. The molecule has 0 saturated carbocycles. The van der Waals surface area contributed by atoms with Crippen molar-refractivity contribution in [3.8, 4) is 0 Å². The van der Waals surface area contributed by atoms with Gasteiger partial charge in [0, 0.05) is 27.4 Å². The fourth-order valence-corrected chi connectivity index (χ4v) is 3.31. The van der Waals surface area contributed by atoms with Gasteiger partial charge in [-0.1, -0.05) is 66.7 Å². The third-order valence-electron chi connectivity index (χ3n) is 3.62. The Labute approximate surface area is 160 Å². The fourth-order valence-electron chi connectivity index (χ4n) is 2.26. The van der Waals surface area contributed by atoms with Crippen LogP contribution >= 0.6 is 0 Å². The molecule has 3 aromatic carbocycles. The van der Waals surface area contributed by atoms with Crippen molar-refractivity contribution in [2.45, 2.75) is 0 Å². The highest BCUT2D eigenvalue weighted by atomic mass is 32.2. The molecule has 3 aromatic rings. The van der Waals surface area contributed by atoms with Crippen LogP contribution in [0.2, 0.25) is 0 Å². The van der Waals surface area contributed by atoms with Gasteiger partial charge in [0.25, 0.3) is 11.8 Å². The van der Waals surface area contributed by atoms with E-state index < -0.39 is 10.9 Å². The Kier molecular flexibility index (Phi) is 6.44. The van der Waals surface area contributed by atoms with E-state index in [9.17, 15) is 9.59 Å². The van der Waals surface area contributed by atoms with Crippen molar-refractivity contribution in [1.29, 1.82) is 0 Å². The second-order valence-electron chi connectivity index (χ2n) is 5.59. The molecular formula is C22H18N2O2S. The molecule has 1 unspecified atom stereocenters. The van der Waals surface area contributed by atoms with Crippen LogP contribution in [0.5, 0.6) is 0 Å². The lowest BCUT2D eigenvalue weighted by Crippen LogP contribution is -2.24. The molecule has 0 aliphatic carbocycles. The van der Waals surface area contributed by atoms with E-state index in [1.807, 2.05) is 48.5 Å². The molecule has 0 aromatic heterocycles. The lowest BCUT2D eigenvalue weighted by Gasteiger charge is -2.06. The van der Waals surface area contributed by atoms with Crippen LogP contribution in [0.3, 0.4) is 0 Å². The second-order valence-corrected chi connectivity index (χ2v) is 6.88. The molecular weight excluding hydrogens is 356 g/mol. The largest absolute Gasteiger partial charge is 0.284 e. The van der Waals surface area contributed by atoms with Crippen LogP contribution in [0.25, 0.3) is 6.08 Å². The average molecular weight is 374 g/mol. The molecule has 2 amide bonds. The molecule has 4 nitrogen and oxygen atoms in total. The minimum Gasteiger partial charge on any atom is -0.284 e. The van der Waals surface area contributed by atoms with Gasteiger partial charge < -0.3 is 0 Å². The van der Waals surface area contributed by atoms with Gasteiger partial charge in [-0.2, -0.15) is 4.36 Å². The zero-order valence-electron chi connectivity index (χ0n) is 14.5. The summed E-state index contributed by atoms with van der Waals surface area (Å²) in [6.07, 6.45) is 1.84. The van der Waals surface area contributed by atoms with Gasteiger partial charge in [0.05, 0.1) is 0 Å². The maximum Gasteiger partial charge on any atom is 0.284 e. The summed E-state index contributed by atoms with van der Waals surface area (Å²) in [6, 6.07) is 27.3. The van der Waals surface area contributed by atoms with E-state index in [2.05, 4.69) is 9.08 Å². The van der Waals surface area contributed by atoms with Crippen molar-refractivity contribution in [2.24, 2.45) is 4.36 Å². The topological polar surface area (TPSA) is 58.5 Å². The first kappa shape index (κ1) is 18.5. The number of hydrogen-bond donors (Lipinski definition) is 1. The Hall–Kier alpha value is -3.31. The first-order valence-corrected chi connectivity index (χ1v) is 9.60. The van der Waals surface area contributed by atoms with Crippen LogP contribution in [0.4, 0.5) is 0 Å². The number of carbonyl (C=O) groups is 2. The van der Waals surface area contributed by atoms with Crippen LogP contribution in [0.15, 0.2) is 101 Å². The fraction of sp³-hybridized carbons (Fsp3) is 0. The van der Waals surface area contributed by atoms with Crippen molar-refractivity contribution >= 4 is 28.8 Å². The molecule has 0 aliphatic rings. The van der Waals surface area contributed by atoms with Gasteiger partial charge in [0.1, 0.15) is 0 Å². The normalized spacial score (nSPS) is 12.0. The van der Waals surface area contributed by atoms with Crippen LogP contribution in [-0.2, 0) is 10.9 Å². The van der Waals surface area contributed by atoms with E-state index in [1.165, 1.54) is 0 Å². The lowest BCUT2D eigenvalue weighted by molar-refractivity contribution is 0.0984. The number of hydrogen-bond acceptors (Lipinski definition) is 2. The van der Waals surface area contributed by atoms with E-state index in [4.69, 9.17) is 0 Å². The minimum absolute atomic E-state index is 0.277. The van der Waals surface area contributed by atoms with Crippen molar-refractivity contribution in [3.05, 3.63) is 113 Å². The molecule has 134 valence electrons. The third kappa shape index (κ3) is 5.59. The molecule has 0 saturated heterocycles. The Balaban J connectivity index is 1.86. The maximum absolute atomic E-state index is 12.5. The zero-order chi connectivity index (χ0) is 18.9. The van der Waals surface area contributed by atoms with Gasteiger partial charge in [-0.15, -0.1) is 0 Å². The van der Waals surface area contributed by atoms with Gasteiger partial charge in [-0.25, -0.2) is 0 Å². The summed E-state index contributed by atoms with van der Waals surface area (Å²) in [5.41, 5.74) is 1.97. The number of amides is 2. The first-order chi connectivity index (χ1) is 13.2. The van der Waals surface area contributed by atoms with Crippen molar-refractivity contribution < 1.29 is 9.59 Å². The predicted octanol–water partition coefficient (Wildman–Crippen LogP) is 4.64. The summed E-state index contributed by atoms with van der Waals surface area (Å²) in [4.78, 5) is 24.9. The van der Waals surface area contributed by atoms with Gasteiger partial charge >= 0.3 is 0 Å². The Morgan fingerprint density at radius 2 is 1.26 bits per heavy atom. The molecule has 1 N–H and O–H groups in total. The van der Waals surface area contributed by atoms with Gasteiger partial charge in [-0.3, -0.25) is 14.3 Å². The van der Waals surface area contributed by atoms with Gasteiger partial charge in [0.2, 0.25) is 0 Å². The first-order valence-electron chi connectivity index (χ1n) is 8.36. The van der Waals surface area contributed by atoms with Gasteiger partial charge in [0.15, 0.2) is 0 Å². The average Bonchev–Trinajstić information content (AvgIpc) is 2.74. The standard InChI is InChI=1S/C22H18N2O2S/c25-21(19-12-6-2-7-13-19)23-27(17-16-18-10-4-1-5-11-18)24-22(26)20-14-8-3-9-15-20/h1-17H,(H,23,24,25,26)/b17-16+. The van der Waals surface area contributed by atoms with E-state index in [0.717, 1.165) is 5.56 Å². The number of nitrogens with one attached hydrogen (secondary N) is 1. The van der Waals surface area contributed by atoms with Gasteiger partial charge in [-0.05, 0) is 35.9 Å². The van der Waals surface area contributed by atoms with E-state index in [0.29, 0.717) is 11.1 Å². The number of rotatable bonds is 5. The Bertz CT molecular complexity index is 969. The molecule has 1 atom stereocenters. The van der Waals surface area contributed by atoms with E-state index in [1.54, 1.807) is 53.9 Å². The van der Waals surface area contributed by atoms with E-state index in [-0.39, 0.29) is 11.8 Å². The van der Waals surface area contributed by atoms with Crippen LogP contribution in [0.1, 0.15) is 26.3 Å². The molecule has 0 aliphatic heterocycles. The second kappa shape index (κ2) is 9.40. The molecule has 0 spiro atoms. The SMILES string of the molecule is O=C(N=S(/C=C/c1ccccc1)NC(=O)c1ccccc1)c1ccccc1. The number of nitrogens with zero attached hydrogens (tertiary/aromatic N) is 1. The van der Waals surface area contributed by atoms with Crippen molar-refractivity contribution in [2.75, 3.05) is 0 Å². The quantitative estimate of drug-likeness (QED) is 0.707. The molecule has 0 fully saturated rings. The highest BCUT2D eigenvalue weighted by molar-refractivity contribution is 7.89. The summed E-state index contributed by atoms with van der Waals surface area (Å²) in [5.74, 6) is -0.647. The Morgan fingerprint density at radius 3 is 1.85 bits per heavy atom. The summed E-state index contributed by atoms with van der Waals surface area (Å²) in [6.45, 7) is 0. The molecule has 27 heavy (non-hydrogen) atoms. The third-order valence-corrected chi connectivity index (χ3v) is 4.78. The molecule has 3 rings (SSSR count). The van der Waals surface area contributed by atoms with Crippen molar-refractivity contribution in [1.82, 2.24) is 4.72 Å². The van der Waals surface area contributed by atoms with Crippen molar-refractivity contribution in [3.63, 3.8) is 0 Å². The highest BCUT2D eigenvalue weighted by Gasteiger charge is 2.09. The monoisotopic (exact) mass is 374 g/mol. The smallest absolute Gasteiger partial charge is 0.284 e. The number of carbonyl (C=O) groups excluding carboxylic acids is 2. The van der Waals surface area contributed by atoms with E-state index >= 15 is 0 Å². The lowest BCUT2D eigenvalue weighted by atomic mass is 10.2. The molecule has 0 heterocycles. The molecule has 5 heteroatoms. The maximum atomic E-state index is 12.5. The molecule has 0 radical (unpaired) electrons. The Morgan fingerprint density at radius 1 is 0.741 bits per heavy atom.